The lowest BCUT2D eigenvalue weighted by atomic mass is 9.84. The van der Waals surface area contributed by atoms with E-state index in [1.807, 2.05) is 45.0 Å². The Morgan fingerprint density at radius 3 is 1.87 bits per heavy atom. The molecular weight excluding hydrogens is 491 g/mol. The van der Waals surface area contributed by atoms with E-state index in [1.165, 1.54) is 6.07 Å². The molecule has 38 heavy (non-hydrogen) atoms. The Bertz CT molecular complexity index is 1420. The van der Waals surface area contributed by atoms with Gasteiger partial charge in [-0.3, -0.25) is 0 Å². The fourth-order valence-electron chi connectivity index (χ4n) is 4.38. The van der Waals surface area contributed by atoms with Gasteiger partial charge in [0.05, 0.1) is 0 Å². The smallest absolute Gasteiger partial charge is 0.159 e. The minimum absolute atomic E-state index is 0.300. The molecule has 0 fully saturated rings. The molecule has 0 aromatic heterocycles. The van der Waals surface area contributed by atoms with Crippen molar-refractivity contribution < 1.29 is 22.0 Å². The molecule has 0 N–H and O–H groups in total. The standard InChI is InChI=1S/C17H17F3.C16H16F2/c1-10-8-14(18)15(19)9-12(10)11-6-5-7-13(16(11)20)17(2,3)4;1-10(2)12-5-4-6-13(8-12)16-11(3)7-14(17)9-15(16)18/h5-9H,1-4H3;4-10H,1-3H3. The molecule has 0 atom stereocenters. The highest BCUT2D eigenvalue weighted by Gasteiger charge is 2.22. The van der Waals surface area contributed by atoms with Crippen LogP contribution in [0.1, 0.15) is 62.8 Å². The van der Waals surface area contributed by atoms with E-state index in [1.54, 1.807) is 32.0 Å². The van der Waals surface area contributed by atoms with Crippen molar-refractivity contribution in [2.75, 3.05) is 0 Å². The fourth-order valence-corrected chi connectivity index (χ4v) is 4.38. The van der Waals surface area contributed by atoms with Gasteiger partial charge in [0, 0.05) is 17.2 Å². The number of hydrogen-bond acceptors (Lipinski definition) is 0. The Hall–Kier alpha value is -3.47. The first-order valence-corrected chi connectivity index (χ1v) is 12.5. The summed E-state index contributed by atoms with van der Waals surface area (Å²) in [6, 6.07) is 17.2. The summed E-state index contributed by atoms with van der Waals surface area (Å²) in [6.07, 6.45) is 0. The lowest BCUT2D eigenvalue weighted by molar-refractivity contribution is 0.507. The molecule has 0 spiro atoms. The summed E-state index contributed by atoms with van der Waals surface area (Å²) in [7, 11) is 0. The van der Waals surface area contributed by atoms with E-state index in [0.717, 1.165) is 29.3 Å². The molecule has 5 heteroatoms. The zero-order valence-corrected chi connectivity index (χ0v) is 22.8. The summed E-state index contributed by atoms with van der Waals surface area (Å²) in [4.78, 5) is 0. The molecule has 4 aromatic rings. The zero-order valence-electron chi connectivity index (χ0n) is 22.8. The summed E-state index contributed by atoms with van der Waals surface area (Å²) in [5, 5.41) is 0. The van der Waals surface area contributed by atoms with E-state index >= 15 is 0 Å². The summed E-state index contributed by atoms with van der Waals surface area (Å²) in [6.45, 7) is 13.3. The van der Waals surface area contributed by atoms with Crippen molar-refractivity contribution in [3.8, 4) is 22.3 Å². The van der Waals surface area contributed by atoms with Crippen LogP contribution in [0.2, 0.25) is 0 Å². The van der Waals surface area contributed by atoms with E-state index in [4.69, 9.17) is 0 Å². The fraction of sp³-hybridized carbons (Fsp3) is 0.273. The van der Waals surface area contributed by atoms with Crippen molar-refractivity contribution in [2.45, 2.75) is 59.8 Å². The SMILES string of the molecule is Cc1cc(F)c(F)cc1-c1cccc(C(C)(C)C)c1F.Cc1cc(F)cc(F)c1-c1cccc(C(C)C)c1. The Kier molecular flexibility index (Phi) is 8.81. The second-order valence-corrected chi connectivity index (χ2v) is 10.9. The lowest BCUT2D eigenvalue weighted by Gasteiger charge is -2.21. The van der Waals surface area contributed by atoms with Crippen LogP contribution in [-0.2, 0) is 5.41 Å². The van der Waals surface area contributed by atoms with Gasteiger partial charge in [0.2, 0.25) is 0 Å². The normalized spacial score (nSPS) is 11.4. The van der Waals surface area contributed by atoms with Crippen LogP contribution in [-0.4, -0.2) is 0 Å². The van der Waals surface area contributed by atoms with E-state index in [0.29, 0.717) is 39.3 Å². The predicted molar refractivity (Wildman–Crippen MR) is 146 cm³/mol. The van der Waals surface area contributed by atoms with Gasteiger partial charge in [-0.1, -0.05) is 77.1 Å². The van der Waals surface area contributed by atoms with E-state index in [-0.39, 0.29) is 11.2 Å². The van der Waals surface area contributed by atoms with Gasteiger partial charge in [-0.2, -0.15) is 0 Å². The van der Waals surface area contributed by atoms with Crippen molar-refractivity contribution in [3.05, 3.63) is 118 Å². The minimum atomic E-state index is -0.967. The van der Waals surface area contributed by atoms with E-state index < -0.39 is 23.3 Å². The number of halogens is 5. The maximum atomic E-state index is 14.7. The molecule has 0 aliphatic heterocycles. The number of benzene rings is 4. The van der Waals surface area contributed by atoms with Gasteiger partial charge < -0.3 is 0 Å². The molecular formula is C33H33F5. The quantitative estimate of drug-likeness (QED) is 0.234. The van der Waals surface area contributed by atoms with Gasteiger partial charge in [0.25, 0.3) is 0 Å². The van der Waals surface area contributed by atoms with Crippen molar-refractivity contribution in [1.29, 1.82) is 0 Å². The molecule has 0 saturated heterocycles. The van der Waals surface area contributed by atoms with Crippen LogP contribution in [0, 0.1) is 42.9 Å². The van der Waals surface area contributed by atoms with Gasteiger partial charge in [-0.25, -0.2) is 22.0 Å². The third-order valence-corrected chi connectivity index (χ3v) is 6.46. The van der Waals surface area contributed by atoms with Crippen molar-refractivity contribution >= 4 is 0 Å². The van der Waals surface area contributed by atoms with Crippen LogP contribution < -0.4 is 0 Å². The summed E-state index contributed by atoms with van der Waals surface area (Å²) >= 11 is 0. The van der Waals surface area contributed by atoms with E-state index in [2.05, 4.69) is 13.8 Å². The topological polar surface area (TPSA) is 0 Å². The molecule has 4 rings (SSSR count). The molecule has 0 heterocycles. The molecule has 0 saturated carbocycles. The average molecular weight is 525 g/mol. The number of rotatable bonds is 3. The minimum Gasteiger partial charge on any atom is -0.207 e. The van der Waals surface area contributed by atoms with Gasteiger partial charge in [-0.15, -0.1) is 0 Å². The van der Waals surface area contributed by atoms with Crippen LogP contribution in [0.5, 0.6) is 0 Å². The highest BCUT2D eigenvalue weighted by molar-refractivity contribution is 5.70. The molecule has 0 amide bonds. The zero-order chi connectivity index (χ0) is 28.4. The first kappa shape index (κ1) is 29.1. The molecule has 0 unspecified atom stereocenters. The van der Waals surface area contributed by atoms with Crippen LogP contribution in [0.4, 0.5) is 22.0 Å². The van der Waals surface area contributed by atoms with Crippen molar-refractivity contribution in [3.63, 3.8) is 0 Å². The first-order chi connectivity index (χ1) is 17.7. The Morgan fingerprint density at radius 2 is 1.26 bits per heavy atom. The molecule has 0 nitrogen and oxygen atoms in total. The van der Waals surface area contributed by atoms with Gasteiger partial charge in [-0.05, 0) is 76.8 Å². The van der Waals surface area contributed by atoms with Crippen LogP contribution >= 0.6 is 0 Å². The number of hydrogen-bond donors (Lipinski definition) is 0. The summed E-state index contributed by atoms with van der Waals surface area (Å²) < 4.78 is 68.2. The van der Waals surface area contributed by atoms with Gasteiger partial charge >= 0.3 is 0 Å². The number of aryl methyl sites for hydroxylation is 2. The van der Waals surface area contributed by atoms with Gasteiger partial charge in [0.15, 0.2) is 11.6 Å². The molecule has 0 aliphatic rings. The second-order valence-electron chi connectivity index (χ2n) is 10.9. The predicted octanol–water partition coefficient (Wildman–Crippen LogP) is 10.4. The summed E-state index contributed by atoms with van der Waals surface area (Å²) in [5.41, 5.74) is 4.44. The van der Waals surface area contributed by atoms with Gasteiger partial charge in [0.1, 0.15) is 17.5 Å². The molecule has 0 bridgehead atoms. The third kappa shape index (κ3) is 6.50. The van der Waals surface area contributed by atoms with Crippen molar-refractivity contribution in [1.82, 2.24) is 0 Å². The first-order valence-electron chi connectivity index (χ1n) is 12.5. The largest absolute Gasteiger partial charge is 0.207 e. The monoisotopic (exact) mass is 524 g/mol. The maximum Gasteiger partial charge on any atom is 0.159 e. The molecule has 4 aromatic carbocycles. The Morgan fingerprint density at radius 1 is 0.632 bits per heavy atom. The van der Waals surface area contributed by atoms with Crippen LogP contribution in [0.15, 0.2) is 66.7 Å². The second kappa shape index (κ2) is 11.5. The molecule has 0 radical (unpaired) electrons. The Balaban J connectivity index is 0.000000212. The molecule has 0 aliphatic carbocycles. The third-order valence-electron chi connectivity index (χ3n) is 6.46. The average Bonchev–Trinajstić information content (AvgIpc) is 2.81. The van der Waals surface area contributed by atoms with E-state index in [9.17, 15) is 22.0 Å². The highest BCUT2D eigenvalue weighted by atomic mass is 19.2. The molecule has 200 valence electrons. The van der Waals surface area contributed by atoms with Crippen LogP contribution in [0.25, 0.3) is 22.3 Å². The highest BCUT2D eigenvalue weighted by Crippen LogP contribution is 2.34. The lowest BCUT2D eigenvalue weighted by Crippen LogP contribution is -2.14. The maximum absolute atomic E-state index is 14.7. The van der Waals surface area contributed by atoms with Crippen LogP contribution in [0.3, 0.4) is 0 Å². The van der Waals surface area contributed by atoms with Crippen molar-refractivity contribution in [2.24, 2.45) is 0 Å². The summed E-state index contributed by atoms with van der Waals surface area (Å²) in [5.74, 6) is -2.92. The Labute approximate surface area is 222 Å².